The molecule has 0 saturated carbocycles. The van der Waals surface area contributed by atoms with E-state index in [0.717, 1.165) is 19.6 Å². The first-order chi connectivity index (χ1) is 11.5. The second kappa shape index (κ2) is 7.24. The summed E-state index contributed by atoms with van der Waals surface area (Å²) in [6.45, 7) is 2.40. The highest BCUT2D eigenvalue weighted by Gasteiger charge is 2.34. The van der Waals surface area contributed by atoms with E-state index in [1.54, 1.807) is 0 Å². The van der Waals surface area contributed by atoms with Crippen LogP contribution in [0.5, 0.6) is 0 Å². The topological polar surface area (TPSA) is 40.5 Å². The third-order valence-electron chi connectivity index (χ3n) is 4.69. The van der Waals surface area contributed by atoms with E-state index in [1.807, 2.05) is 18.2 Å². The molecule has 4 heteroatoms. The van der Waals surface area contributed by atoms with Crippen LogP contribution in [0.3, 0.4) is 0 Å². The monoisotopic (exact) mass is 327 g/mol. The SMILES string of the molecule is O=C(CC1(O)CCN(Cc2ccccc2)CC1)c1ccc(F)cc1. The number of benzene rings is 2. The standard InChI is InChI=1S/C20H22FNO2/c21-18-8-6-17(7-9-18)19(23)14-20(24)10-12-22(13-11-20)15-16-4-2-1-3-5-16/h1-9,24H,10-15H2. The molecule has 0 aromatic heterocycles. The van der Waals surface area contributed by atoms with Crippen molar-refractivity contribution in [2.45, 2.75) is 31.4 Å². The van der Waals surface area contributed by atoms with Gasteiger partial charge in [-0.1, -0.05) is 30.3 Å². The van der Waals surface area contributed by atoms with Gasteiger partial charge in [0.2, 0.25) is 0 Å². The van der Waals surface area contributed by atoms with E-state index in [4.69, 9.17) is 0 Å². The zero-order valence-corrected chi connectivity index (χ0v) is 13.6. The molecule has 1 aliphatic heterocycles. The molecule has 1 aliphatic rings. The number of piperidine rings is 1. The van der Waals surface area contributed by atoms with Gasteiger partial charge in [0, 0.05) is 31.6 Å². The summed E-state index contributed by atoms with van der Waals surface area (Å²) in [7, 11) is 0. The van der Waals surface area contributed by atoms with Crippen molar-refractivity contribution in [2.75, 3.05) is 13.1 Å². The van der Waals surface area contributed by atoms with E-state index in [1.165, 1.54) is 29.8 Å². The highest BCUT2D eigenvalue weighted by molar-refractivity contribution is 5.96. The molecule has 126 valence electrons. The number of rotatable bonds is 5. The summed E-state index contributed by atoms with van der Waals surface area (Å²) in [6, 6.07) is 15.8. The average molecular weight is 327 g/mol. The van der Waals surface area contributed by atoms with E-state index in [-0.39, 0.29) is 18.0 Å². The third kappa shape index (κ3) is 4.28. The Morgan fingerprint density at radius 2 is 1.67 bits per heavy atom. The summed E-state index contributed by atoms with van der Waals surface area (Å²) in [5, 5.41) is 10.7. The van der Waals surface area contributed by atoms with Gasteiger partial charge >= 0.3 is 0 Å². The number of hydrogen-bond donors (Lipinski definition) is 1. The van der Waals surface area contributed by atoms with Gasteiger partial charge in [0.05, 0.1) is 5.60 Å². The molecule has 0 bridgehead atoms. The molecule has 2 aromatic carbocycles. The number of ketones is 1. The highest BCUT2D eigenvalue weighted by atomic mass is 19.1. The number of nitrogens with zero attached hydrogens (tertiary/aromatic N) is 1. The van der Waals surface area contributed by atoms with Crippen LogP contribution >= 0.6 is 0 Å². The van der Waals surface area contributed by atoms with E-state index in [9.17, 15) is 14.3 Å². The second-order valence-electron chi connectivity index (χ2n) is 6.59. The number of Topliss-reactive ketones (excluding diaryl/α,β-unsaturated/α-hetero) is 1. The largest absolute Gasteiger partial charge is 0.389 e. The van der Waals surface area contributed by atoms with Crippen LogP contribution in [0.25, 0.3) is 0 Å². The molecule has 0 aliphatic carbocycles. The maximum Gasteiger partial charge on any atom is 0.165 e. The van der Waals surface area contributed by atoms with Crippen molar-refractivity contribution in [1.29, 1.82) is 0 Å². The molecular weight excluding hydrogens is 305 g/mol. The minimum absolute atomic E-state index is 0.0950. The van der Waals surface area contributed by atoms with E-state index >= 15 is 0 Å². The fourth-order valence-corrected chi connectivity index (χ4v) is 3.18. The molecule has 1 heterocycles. The molecule has 3 nitrogen and oxygen atoms in total. The van der Waals surface area contributed by atoms with Crippen LogP contribution < -0.4 is 0 Å². The maximum atomic E-state index is 12.9. The number of aliphatic hydroxyl groups is 1. The molecule has 0 amide bonds. The van der Waals surface area contributed by atoms with Crippen molar-refractivity contribution in [3.8, 4) is 0 Å². The molecular formula is C20H22FNO2. The smallest absolute Gasteiger partial charge is 0.165 e. The van der Waals surface area contributed by atoms with Crippen molar-refractivity contribution in [2.24, 2.45) is 0 Å². The minimum Gasteiger partial charge on any atom is -0.389 e. The molecule has 1 saturated heterocycles. The van der Waals surface area contributed by atoms with Crippen LogP contribution in [-0.2, 0) is 6.54 Å². The van der Waals surface area contributed by atoms with Crippen LogP contribution in [0.4, 0.5) is 4.39 Å². The van der Waals surface area contributed by atoms with Gasteiger partial charge in [0.1, 0.15) is 5.82 Å². The number of carbonyl (C=O) groups is 1. The Morgan fingerprint density at radius 3 is 2.29 bits per heavy atom. The Balaban J connectivity index is 1.54. The average Bonchev–Trinajstić information content (AvgIpc) is 2.58. The molecule has 0 spiro atoms. The predicted octanol–water partition coefficient (Wildman–Crippen LogP) is 3.43. The summed E-state index contributed by atoms with van der Waals surface area (Å²) >= 11 is 0. The van der Waals surface area contributed by atoms with Crippen LogP contribution in [0.1, 0.15) is 35.2 Å². The van der Waals surface area contributed by atoms with Crippen molar-refractivity contribution in [1.82, 2.24) is 4.90 Å². The number of hydrogen-bond acceptors (Lipinski definition) is 3. The van der Waals surface area contributed by atoms with Gasteiger partial charge in [0.15, 0.2) is 5.78 Å². The number of likely N-dealkylation sites (tertiary alicyclic amines) is 1. The van der Waals surface area contributed by atoms with Crippen LogP contribution in [-0.4, -0.2) is 34.5 Å². The Kier molecular flexibility index (Phi) is 5.07. The van der Waals surface area contributed by atoms with Crippen LogP contribution in [0.15, 0.2) is 54.6 Å². The summed E-state index contributed by atoms with van der Waals surface area (Å²) in [5.41, 5.74) is 0.750. The molecule has 0 atom stereocenters. The van der Waals surface area contributed by atoms with Crippen molar-refractivity contribution < 1.29 is 14.3 Å². The predicted molar refractivity (Wildman–Crippen MR) is 91.3 cm³/mol. The van der Waals surface area contributed by atoms with Crippen molar-refractivity contribution in [3.05, 3.63) is 71.5 Å². The molecule has 0 radical (unpaired) electrons. The second-order valence-corrected chi connectivity index (χ2v) is 6.59. The van der Waals surface area contributed by atoms with Gasteiger partial charge in [0.25, 0.3) is 0 Å². The van der Waals surface area contributed by atoms with Gasteiger partial charge in [-0.15, -0.1) is 0 Å². The fraction of sp³-hybridized carbons (Fsp3) is 0.350. The highest BCUT2D eigenvalue weighted by Crippen LogP contribution is 2.28. The molecule has 3 rings (SSSR count). The third-order valence-corrected chi connectivity index (χ3v) is 4.69. The molecule has 24 heavy (non-hydrogen) atoms. The molecule has 1 N–H and O–H groups in total. The Labute approximate surface area is 141 Å². The van der Waals surface area contributed by atoms with Crippen LogP contribution in [0, 0.1) is 5.82 Å². The Morgan fingerprint density at radius 1 is 1.04 bits per heavy atom. The lowest BCUT2D eigenvalue weighted by molar-refractivity contribution is -0.0241. The summed E-state index contributed by atoms with van der Waals surface area (Å²) in [4.78, 5) is 14.6. The lowest BCUT2D eigenvalue weighted by atomic mass is 9.85. The zero-order chi connectivity index (χ0) is 17.0. The quantitative estimate of drug-likeness (QED) is 0.856. The minimum atomic E-state index is -0.960. The summed E-state index contributed by atoms with van der Waals surface area (Å²) < 4.78 is 12.9. The molecule has 2 aromatic rings. The fourth-order valence-electron chi connectivity index (χ4n) is 3.18. The van der Waals surface area contributed by atoms with Gasteiger partial charge in [-0.2, -0.15) is 0 Å². The van der Waals surface area contributed by atoms with Gasteiger partial charge in [-0.3, -0.25) is 9.69 Å². The number of carbonyl (C=O) groups excluding carboxylic acids is 1. The first-order valence-corrected chi connectivity index (χ1v) is 8.32. The first-order valence-electron chi connectivity index (χ1n) is 8.32. The lowest BCUT2D eigenvalue weighted by Gasteiger charge is -2.38. The van der Waals surface area contributed by atoms with Gasteiger partial charge in [-0.05, 0) is 42.7 Å². The van der Waals surface area contributed by atoms with E-state index in [2.05, 4.69) is 17.0 Å². The van der Waals surface area contributed by atoms with Gasteiger partial charge in [-0.25, -0.2) is 4.39 Å². The zero-order valence-electron chi connectivity index (χ0n) is 13.6. The maximum absolute atomic E-state index is 12.9. The molecule has 1 fully saturated rings. The lowest BCUT2D eigenvalue weighted by Crippen LogP contribution is -2.45. The van der Waals surface area contributed by atoms with Gasteiger partial charge < -0.3 is 5.11 Å². The number of halogens is 1. The van der Waals surface area contributed by atoms with Crippen LogP contribution in [0.2, 0.25) is 0 Å². The summed E-state index contributed by atoms with van der Waals surface area (Å²) in [5.74, 6) is -0.492. The first kappa shape index (κ1) is 16.8. The Hall–Kier alpha value is -2.04. The van der Waals surface area contributed by atoms with E-state index < -0.39 is 5.60 Å². The van der Waals surface area contributed by atoms with E-state index in [0.29, 0.717) is 18.4 Å². The molecule has 0 unspecified atom stereocenters. The Bertz CT molecular complexity index is 677. The summed E-state index contributed by atoms with van der Waals surface area (Å²) in [6.07, 6.45) is 1.25. The van der Waals surface area contributed by atoms with Crippen molar-refractivity contribution >= 4 is 5.78 Å². The normalized spacial score (nSPS) is 17.6. The van der Waals surface area contributed by atoms with Crippen molar-refractivity contribution in [3.63, 3.8) is 0 Å².